The number of pyridine rings is 1. The van der Waals surface area contributed by atoms with Crippen LogP contribution in [0.1, 0.15) is 43.7 Å². The molecule has 0 amide bonds. The van der Waals surface area contributed by atoms with E-state index in [0.717, 1.165) is 30.2 Å². The average Bonchev–Trinajstić information content (AvgIpc) is 2.84. The van der Waals surface area contributed by atoms with Crippen molar-refractivity contribution in [2.24, 2.45) is 0 Å². The third-order valence-electron chi connectivity index (χ3n) is 2.87. The molecule has 0 fully saturated rings. The lowest BCUT2D eigenvalue weighted by molar-refractivity contribution is 0.670. The fourth-order valence-electron chi connectivity index (χ4n) is 1.92. The Bertz CT molecular complexity index is 505. The molecule has 2 rings (SSSR count). The van der Waals surface area contributed by atoms with E-state index < -0.39 is 0 Å². The van der Waals surface area contributed by atoms with E-state index in [1.54, 1.807) is 11.3 Å². The highest BCUT2D eigenvalue weighted by Gasteiger charge is 2.15. The van der Waals surface area contributed by atoms with Crippen molar-refractivity contribution in [2.45, 2.75) is 39.7 Å². The molecule has 0 aliphatic rings. The van der Waals surface area contributed by atoms with Crippen LogP contribution in [-0.4, -0.2) is 16.5 Å². The Morgan fingerprint density at radius 1 is 1.32 bits per heavy atom. The Kier molecular flexibility index (Phi) is 5.05. The highest BCUT2D eigenvalue weighted by atomic mass is 32.1. The fourth-order valence-corrected chi connectivity index (χ4v) is 3.08. The largest absolute Gasteiger partial charge is 0.312 e. The first-order valence-corrected chi connectivity index (χ1v) is 7.65. The van der Waals surface area contributed by atoms with Gasteiger partial charge in [-0.25, -0.2) is 4.98 Å². The summed E-state index contributed by atoms with van der Waals surface area (Å²) in [4.78, 5) is 10.5. The second-order valence-corrected chi connectivity index (χ2v) is 5.96. The van der Waals surface area contributed by atoms with Crippen LogP contribution in [0, 0.1) is 0 Å². The molecule has 19 heavy (non-hydrogen) atoms. The molecule has 1 N–H and O–H groups in total. The molecule has 2 aromatic rings. The van der Waals surface area contributed by atoms with Crippen LogP contribution in [-0.2, 0) is 6.54 Å². The number of aromatic nitrogens is 2. The van der Waals surface area contributed by atoms with Crippen molar-refractivity contribution in [3.8, 4) is 10.7 Å². The van der Waals surface area contributed by atoms with Gasteiger partial charge in [0.05, 0.1) is 11.4 Å². The van der Waals surface area contributed by atoms with Gasteiger partial charge >= 0.3 is 0 Å². The molecule has 3 nitrogen and oxygen atoms in total. The minimum Gasteiger partial charge on any atom is -0.312 e. The summed E-state index contributed by atoms with van der Waals surface area (Å²) < 4.78 is 0. The highest BCUT2D eigenvalue weighted by Crippen LogP contribution is 2.30. The van der Waals surface area contributed by atoms with E-state index in [2.05, 4.69) is 31.1 Å². The summed E-state index contributed by atoms with van der Waals surface area (Å²) in [7, 11) is 0. The van der Waals surface area contributed by atoms with Crippen LogP contribution >= 0.6 is 11.3 Å². The zero-order chi connectivity index (χ0) is 13.7. The zero-order valence-corrected chi connectivity index (χ0v) is 12.6. The molecule has 0 spiro atoms. The number of hydrogen-bond donors (Lipinski definition) is 1. The molecule has 2 heterocycles. The molecule has 4 heteroatoms. The van der Waals surface area contributed by atoms with Crippen LogP contribution in [0.25, 0.3) is 10.7 Å². The third kappa shape index (κ3) is 3.61. The van der Waals surface area contributed by atoms with E-state index >= 15 is 0 Å². The van der Waals surface area contributed by atoms with Crippen molar-refractivity contribution < 1.29 is 0 Å². The van der Waals surface area contributed by atoms with Gasteiger partial charge in [0, 0.05) is 17.6 Å². The second-order valence-electron chi connectivity index (χ2n) is 4.87. The van der Waals surface area contributed by atoms with Gasteiger partial charge in [-0.1, -0.05) is 26.8 Å². The van der Waals surface area contributed by atoms with Gasteiger partial charge in [0.2, 0.25) is 0 Å². The zero-order valence-electron chi connectivity index (χ0n) is 11.8. The molecular formula is C15H21N3S. The number of nitrogens with one attached hydrogen (secondary N) is 1. The van der Waals surface area contributed by atoms with Crippen molar-refractivity contribution in [1.82, 2.24) is 15.3 Å². The monoisotopic (exact) mass is 275 g/mol. The second kappa shape index (κ2) is 6.78. The molecule has 0 aliphatic heterocycles. The number of rotatable bonds is 6. The number of hydrogen-bond acceptors (Lipinski definition) is 4. The van der Waals surface area contributed by atoms with Gasteiger partial charge in [-0.2, -0.15) is 0 Å². The minimum atomic E-state index is 0.451. The molecule has 0 bridgehead atoms. The SMILES string of the molecule is CCCNCc1sc(-c2ccccn2)nc1C(C)C. The molecule has 0 unspecified atom stereocenters. The quantitative estimate of drug-likeness (QED) is 0.814. The lowest BCUT2D eigenvalue weighted by Crippen LogP contribution is -2.14. The minimum absolute atomic E-state index is 0.451. The van der Waals surface area contributed by atoms with Crippen molar-refractivity contribution in [3.05, 3.63) is 35.0 Å². The summed E-state index contributed by atoms with van der Waals surface area (Å²) in [6.45, 7) is 8.53. The van der Waals surface area contributed by atoms with Crippen LogP contribution in [0.3, 0.4) is 0 Å². The molecular weight excluding hydrogens is 254 g/mol. The van der Waals surface area contributed by atoms with E-state index in [0.29, 0.717) is 5.92 Å². The summed E-state index contributed by atoms with van der Waals surface area (Å²) >= 11 is 1.76. The van der Waals surface area contributed by atoms with Gasteiger partial charge in [0.15, 0.2) is 0 Å². The maximum absolute atomic E-state index is 4.77. The van der Waals surface area contributed by atoms with Crippen molar-refractivity contribution in [1.29, 1.82) is 0 Å². The lowest BCUT2D eigenvalue weighted by atomic mass is 10.1. The first-order valence-electron chi connectivity index (χ1n) is 6.84. The van der Waals surface area contributed by atoms with Crippen LogP contribution in [0.4, 0.5) is 0 Å². The van der Waals surface area contributed by atoms with E-state index in [4.69, 9.17) is 4.98 Å². The Balaban J connectivity index is 2.25. The molecule has 0 aliphatic carbocycles. The van der Waals surface area contributed by atoms with Crippen LogP contribution in [0.5, 0.6) is 0 Å². The van der Waals surface area contributed by atoms with Gasteiger partial charge in [-0.05, 0) is 31.0 Å². The van der Waals surface area contributed by atoms with E-state index in [1.807, 2.05) is 24.4 Å². The summed E-state index contributed by atoms with van der Waals surface area (Å²) in [6.07, 6.45) is 2.98. The standard InChI is InChI=1S/C15H21N3S/c1-4-8-16-10-13-14(11(2)3)18-15(19-13)12-7-5-6-9-17-12/h5-7,9,11,16H,4,8,10H2,1-3H3. The fraction of sp³-hybridized carbons (Fsp3) is 0.467. The summed E-state index contributed by atoms with van der Waals surface area (Å²) in [5.74, 6) is 0.451. The number of nitrogens with zero attached hydrogens (tertiary/aromatic N) is 2. The van der Waals surface area contributed by atoms with Crippen molar-refractivity contribution in [3.63, 3.8) is 0 Å². The Hall–Kier alpha value is -1.26. The Morgan fingerprint density at radius 3 is 2.79 bits per heavy atom. The predicted molar refractivity (Wildman–Crippen MR) is 81.4 cm³/mol. The molecule has 0 atom stereocenters. The van der Waals surface area contributed by atoms with Crippen LogP contribution < -0.4 is 5.32 Å². The van der Waals surface area contributed by atoms with E-state index in [9.17, 15) is 0 Å². The maximum atomic E-state index is 4.77. The number of thiazole rings is 1. The summed E-state index contributed by atoms with van der Waals surface area (Å²) in [6, 6.07) is 5.96. The normalized spacial score (nSPS) is 11.2. The van der Waals surface area contributed by atoms with Gasteiger partial charge in [-0.3, -0.25) is 4.98 Å². The predicted octanol–water partition coefficient (Wildman–Crippen LogP) is 3.83. The van der Waals surface area contributed by atoms with Crippen LogP contribution in [0.2, 0.25) is 0 Å². The highest BCUT2D eigenvalue weighted by molar-refractivity contribution is 7.15. The van der Waals surface area contributed by atoms with Gasteiger partial charge in [0.25, 0.3) is 0 Å². The molecule has 0 saturated heterocycles. The molecule has 0 saturated carbocycles. The lowest BCUT2D eigenvalue weighted by Gasteiger charge is -2.05. The first-order chi connectivity index (χ1) is 9.22. The topological polar surface area (TPSA) is 37.8 Å². The van der Waals surface area contributed by atoms with Gasteiger partial charge in [0.1, 0.15) is 5.01 Å². The molecule has 0 aromatic carbocycles. The molecule has 102 valence electrons. The van der Waals surface area contributed by atoms with Crippen LogP contribution in [0.15, 0.2) is 24.4 Å². The summed E-state index contributed by atoms with van der Waals surface area (Å²) in [5, 5.41) is 4.49. The Morgan fingerprint density at radius 2 is 2.16 bits per heavy atom. The van der Waals surface area contributed by atoms with Crippen molar-refractivity contribution in [2.75, 3.05) is 6.54 Å². The van der Waals surface area contributed by atoms with E-state index in [1.165, 1.54) is 10.6 Å². The smallest absolute Gasteiger partial charge is 0.142 e. The third-order valence-corrected chi connectivity index (χ3v) is 3.96. The average molecular weight is 275 g/mol. The molecule has 2 aromatic heterocycles. The van der Waals surface area contributed by atoms with Gasteiger partial charge in [-0.15, -0.1) is 11.3 Å². The van der Waals surface area contributed by atoms with Gasteiger partial charge < -0.3 is 5.32 Å². The molecule has 0 radical (unpaired) electrons. The van der Waals surface area contributed by atoms with E-state index in [-0.39, 0.29) is 0 Å². The van der Waals surface area contributed by atoms with Crippen molar-refractivity contribution >= 4 is 11.3 Å². The Labute approximate surface area is 119 Å². The summed E-state index contributed by atoms with van der Waals surface area (Å²) in [5.41, 5.74) is 2.17. The maximum Gasteiger partial charge on any atom is 0.142 e. The first kappa shape index (κ1) is 14.2.